The molecule has 0 aliphatic rings. The Bertz CT molecular complexity index is 1350. The van der Waals surface area contributed by atoms with Crippen LogP contribution in [-0.2, 0) is 23.8 Å². The van der Waals surface area contributed by atoms with Gasteiger partial charge in [0.2, 0.25) is 12.2 Å². The lowest BCUT2D eigenvalue weighted by Gasteiger charge is -2.24. The standard InChI is InChI=1S/C28H25NO9/c1-16-8-12-18(13-9-16)26(33)37-22(24(30)29-21-7-5-4-6-20(21)28(35)36-3)23(25(31)32)38-27(34)19-14-10-17(2)11-15-19/h4-15,22-23H,1-3H3,(H,29,30)(H,31,32)/t22-,23-/m1/s1. The molecular formula is C28H25NO9. The Morgan fingerprint density at radius 2 is 1.16 bits per heavy atom. The molecule has 0 heterocycles. The molecule has 0 unspecified atom stereocenters. The number of amides is 1. The van der Waals surface area contributed by atoms with Gasteiger partial charge < -0.3 is 24.6 Å². The molecule has 3 rings (SSSR count). The lowest BCUT2D eigenvalue weighted by molar-refractivity contribution is -0.157. The van der Waals surface area contributed by atoms with E-state index < -0.39 is 42.0 Å². The summed E-state index contributed by atoms with van der Waals surface area (Å²) in [4.78, 5) is 63.2. The van der Waals surface area contributed by atoms with Crippen LogP contribution in [0.4, 0.5) is 5.69 Å². The fraction of sp³-hybridized carbons (Fsp3) is 0.179. The van der Waals surface area contributed by atoms with Crippen LogP contribution in [0.3, 0.4) is 0 Å². The van der Waals surface area contributed by atoms with Gasteiger partial charge in [0, 0.05) is 0 Å². The third-order valence-electron chi connectivity index (χ3n) is 5.41. The van der Waals surface area contributed by atoms with E-state index in [1.807, 2.05) is 0 Å². The third-order valence-corrected chi connectivity index (χ3v) is 5.41. The van der Waals surface area contributed by atoms with Crippen molar-refractivity contribution in [1.82, 2.24) is 0 Å². The highest BCUT2D eigenvalue weighted by molar-refractivity contribution is 6.05. The molecule has 0 bridgehead atoms. The molecule has 0 saturated carbocycles. The Morgan fingerprint density at radius 3 is 1.63 bits per heavy atom. The maximum Gasteiger partial charge on any atom is 0.349 e. The minimum absolute atomic E-state index is 0.0295. The molecule has 0 radical (unpaired) electrons. The molecule has 38 heavy (non-hydrogen) atoms. The summed E-state index contributed by atoms with van der Waals surface area (Å²) < 4.78 is 15.1. The predicted molar refractivity (Wildman–Crippen MR) is 135 cm³/mol. The van der Waals surface area contributed by atoms with Crippen LogP contribution < -0.4 is 5.32 Å². The summed E-state index contributed by atoms with van der Waals surface area (Å²) in [5.74, 6) is -5.72. The molecule has 0 saturated heterocycles. The van der Waals surface area contributed by atoms with Gasteiger partial charge >= 0.3 is 23.9 Å². The summed E-state index contributed by atoms with van der Waals surface area (Å²) in [5.41, 5.74) is 1.71. The number of para-hydroxylation sites is 1. The molecule has 3 aromatic carbocycles. The molecule has 10 heteroatoms. The van der Waals surface area contributed by atoms with Crippen LogP contribution in [-0.4, -0.2) is 54.2 Å². The first-order valence-corrected chi connectivity index (χ1v) is 11.4. The highest BCUT2D eigenvalue weighted by atomic mass is 16.6. The van der Waals surface area contributed by atoms with Crippen LogP contribution in [0, 0.1) is 13.8 Å². The Labute approximate surface area is 218 Å². The quantitative estimate of drug-likeness (QED) is 0.320. The highest BCUT2D eigenvalue weighted by Crippen LogP contribution is 2.20. The Hall–Kier alpha value is -4.99. The Balaban J connectivity index is 1.96. The summed E-state index contributed by atoms with van der Waals surface area (Å²) >= 11 is 0. The smallest absolute Gasteiger partial charge is 0.349 e. The van der Waals surface area contributed by atoms with Crippen LogP contribution in [0.2, 0.25) is 0 Å². The number of carbonyl (C=O) groups is 5. The van der Waals surface area contributed by atoms with Gasteiger partial charge in [-0.1, -0.05) is 47.5 Å². The van der Waals surface area contributed by atoms with Gasteiger partial charge in [0.15, 0.2) is 0 Å². The fourth-order valence-corrected chi connectivity index (χ4v) is 3.32. The molecule has 1 amide bonds. The van der Waals surface area contributed by atoms with E-state index in [-0.39, 0.29) is 22.4 Å². The van der Waals surface area contributed by atoms with Crippen molar-refractivity contribution in [1.29, 1.82) is 0 Å². The summed E-state index contributed by atoms with van der Waals surface area (Å²) in [7, 11) is 1.15. The maximum absolute atomic E-state index is 13.3. The number of nitrogens with one attached hydrogen (secondary N) is 1. The number of benzene rings is 3. The van der Waals surface area contributed by atoms with Gasteiger partial charge in [0.05, 0.1) is 29.5 Å². The normalized spacial score (nSPS) is 12.0. The number of esters is 3. The number of rotatable bonds is 9. The minimum atomic E-state index is -2.22. The molecule has 0 aliphatic heterocycles. The van der Waals surface area contributed by atoms with Gasteiger partial charge in [-0.2, -0.15) is 0 Å². The number of carboxylic acid groups (broad SMARTS) is 1. The van der Waals surface area contributed by atoms with Gasteiger partial charge in [0.1, 0.15) is 0 Å². The lowest BCUT2D eigenvalue weighted by atomic mass is 10.1. The average Bonchev–Trinajstić information content (AvgIpc) is 2.90. The molecule has 196 valence electrons. The van der Waals surface area contributed by atoms with E-state index in [0.29, 0.717) is 0 Å². The van der Waals surface area contributed by atoms with Crippen LogP contribution in [0.1, 0.15) is 42.2 Å². The first-order chi connectivity index (χ1) is 18.1. The number of methoxy groups -OCH3 is 1. The van der Waals surface area contributed by atoms with E-state index in [0.717, 1.165) is 18.2 Å². The molecule has 2 N–H and O–H groups in total. The third kappa shape index (κ3) is 6.82. The topological polar surface area (TPSA) is 145 Å². The summed E-state index contributed by atoms with van der Waals surface area (Å²) in [5, 5.41) is 12.3. The fourth-order valence-electron chi connectivity index (χ4n) is 3.32. The zero-order valence-electron chi connectivity index (χ0n) is 20.8. The number of aryl methyl sites for hydroxylation is 2. The molecule has 3 aromatic rings. The number of aliphatic carboxylic acids is 1. The van der Waals surface area contributed by atoms with Gasteiger partial charge in [-0.15, -0.1) is 0 Å². The average molecular weight is 520 g/mol. The summed E-state index contributed by atoms with van der Waals surface area (Å²) in [6.07, 6.45) is -4.34. The number of hydrogen-bond acceptors (Lipinski definition) is 8. The molecule has 0 aliphatic carbocycles. The van der Waals surface area contributed by atoms with Gasteiger partial charge in [-0.05, 0) is 50.2 Å². The predicted octanol–water partition coefficient (Wildman–Crippen LogP) is 3.56. The Morgan fingerprint density at radius 1 is 0.684 bits per heavy atom. The largest absolute Gasteiger partial charge is 0.478 e. The second kappa shape index (κ2) is 12.3. The first kappa shape index (κ1) is 27.6. The van der Waals surface area contributed by atoms with Crippen molar-refractivity contribution in [3.8, 4) is 0 Å². The van der Waals surface area contributed by atoms with Gasteiger partial charge in [-0.3, -0.25) is 4.79 Å². The minimum Gasteiger partial charge on any atom is -0.478 e. The van der Waals surface area contributed by atoms with Crippen LogP contribution in [0.25, 0.3) is 0 Å². The van der Waals surface area contributed by atoms with Crippen molar-refractivity contribution in [2.75, 3.05) is 12.4 Å². The lowest BCUT2D eigenvalue weighted by Crippen LogP contribution is -2.48. The molecular weight excluding hydrogens is 494 g/mol. The van der Waals surface area contributed by atoms with Crippen LogP contribution in [0.15, 0.2) is 72.8 Å². The van der Waals surface area contributed by atoms with E-state index in [9.17, 15) is 29.1 Å². The zero-order chi connectivity index (χ0) is 27.8. The number of carboxylic acids is 1. The van der Waals surface area contributed by atoms with E-state index in [1.54, 1.807) is 38.1 Å². The van der Waals surface area contributed by atoms with Crippen LogP contribution in [0.5, 0.6) is 0 Å². The van der Waals surface area contributed by atoms with Gasteiger partial charge in [-0.25, -0.2) is 19.2 Å². The monoisotopic (exact) mass is 519 g/mol. The second-order valence-corrected chi connectivity index (χ2v) is 8.25. The molecule has 0 fully saturated rings. The molecule has 10 nitrogen and oxygen atoms in total. The van der Waals surface area contributed by atoms with E-state index in [2.05, 4.69) is 5.32 Å². The second-order valence-electron chi connectivity index (χ2n) is 8.25. The van der Waals surface area contributed by atoms with Crippen molar-refractivity contribution >= 4 is 35.5 Å². The van der Waals surface area contributed by atoms with Crippen molar-refractivity contribution < 1.29 is 43.3 Å². The maximum atomic E-state index is 13.3. The van der Waals surface area contributed by atoms with Gasteiger partial charge in [0.25, 0.3) is 5.91 Å². The van der Waals surface area contributed by atoms with E-state index in [1.165, 1.54) is 48.5 Å². The van der Waals surface area contributed by atoms with Crippen molar-refractivity contribution in [3.05, 3.63) is 101 Å². The first-order valence-electron chi connectivity index (χ1n) is 11.4. The summed E-state index contributed by atoms with van der Waals surface area (Å²) in [6, 6.07) is 18.0. The molecule has 0 aromatic heterocycles. The summed E-state index contributed by atoms with van der Waals surface area (Å²) in [6.45, 7) is 3.60. The SMILES string of the molecule is COC(=O)c1ccccc1NC(=O)[C@H](OC(=O)c1ccc(C)cc1)[C@@H](OC(=O)c1ccc(C)cc1)C(=O)O. The Kier molecular flexibility index (Phi) is 8.94. The number of hydrogen-bond donors (Lipinski definition) is 2. The number of anilines is 1. The van der Waals surface area contributed by atoms with Crippen molar-refractivity contribution in [3.63, 3.8) is 0 Å². The number of carbonyl (C=O) groups excluding carboxylic acids is 4. The van der Waals surface area contributed by atoms with Crippen LogP contribution >= 0.6 is 0 Å². The van der Waals surface area contributed by atoms with E-state index >= 15 is 0 Å². The highest BCUT2D eigenvalue weighted by Gasteiger charge is 2.41. The molecule has 2 atom stereocenters. The molecule has 0 spiro atoms. The van der Waals surface area contributed by atoms with Crippen molar-refractivity contribution in [2.24, 2.45) is 0 Å². The van der Waals surface area contributed by atoms with Crippen molar-refractivity contribution in [2.45, 2.75) is 26.1 Å². The number of ether oxygens (including phenoxy) is 3. The van der Waals surface area contributed by atoms with E-state index in [4.69, 9.17) is 14.2 Å². The zero-order valence-corrected chi connectivity index (χ0v) is 20.8.